The predicted molar refractivity (Wildman–Crippen MR) is 113 cm³/mol. The lowest BCUT2D eigenvalue weighted by Crippen LogP contribution is -2.10. The minimum absolute atomic E-state index is 0.0456. The van der Waals surface area contributed by atoms with E-state index in [1.54, 1.807) is 6.07 Å². The zero-order valence-corrected chi connectivity index (χ0v) is 18.0. The van der Waals surface area contributed by atoms with Crippen LogP contribution < -0.4 is 0 Å². The van der Waals surface area contributed by atoms with Gasteiger partial charge in [0.25, 0.3) is 0 Å². The van der Waals surface area contributed by atoms with Crippen LogP contribution >= 0.6 is 0 Å². The lowest BCUT2D eigenvalue weighted by atomic mass is 10.0. The third kappa shape index (κ3) is 3.92. The lowest BCUT2D eigenvalue weighted by Gasteiger charge is -2.13. The number of allylic oxidation sites excluding steroid dienone is 1. The highest BCUT2D eigenvalue weighted by Crippen LogP contribution is 2.41. The molecule has 166 valence electrons. The van der Waals surface area contributed by atoms with Crippen molar-refractivity contribution in [3.63, 3.8) is 0 Å². The Labute approximate surface area is 182 Å². The van der Waals surface area contributed by atoms with E-state index >= 15 is 4.39 Å². The Bertz CT molecular complexity index is 1360. The monoisotopic (exact) mass is 462 g/mol. The van der Waals surface area contributed by atoms with E-state index in [0.717, 1.165) is 17.7 Å². The number of hydrogen-bond acceptors (Lipinski definition) is 4. The molecule has 1 aliphatic rings. The minimum Gasteiger partial charge on any atom is -0.254 e. The summed E-state index contributed by atoms with van der Waals surface area (Å²) in [5.41, 5.74) is 1.16. The van der Waals surface area contributed by atoms with Crippen LogP contribution in [0.5, 0.6) is 0 Å². The fourth-order valence-corrected chi connectivity index (χ4v) is 4.75. The summed E-state index contributed by atoms with van der Waals surface area (Å²) in [7, 11) is -3.86. The number of sulfone groups is 1. The molecule has 9 heteroatoms. The minimum atomic E-state index is -4.55. The number of aryl methyl sites for hydroxylation is 1. The van der Waals surface area contributed by atoms with Gasteiger partial charge in [0, 0.05) is 30.0 Å². The largest absolute Gasteiger partial charge is 0.416 e. The second-order valence-electron chi connectivity index (χ2n) is 7.54. The number of fused-ring (bicyclic) bond motifs is 1. The quantitative estimate of drug-likeness (QED) is 0.470. The lowest BCUT2D eigenvalue weighted by molar-refractivity contribution is -0.137. The van der Waals surface area contributed by atoms with Crippen LogP contribution in [0.1, 0.15) is 35.0 Å². The van der Waals surface area contributed by atoms with Gasteiger partial charge in [-0.1, -0.05) is 25.1 Å². The van der Waals surface area contributed by atoms with E-state index in [9.17, 15) is 21.6 Å². The molecule has 4 nitrogen and oxygen atoms in total. The van der Waals surface area contributed by atoms with Gasteiger partial charge in [-0.15, -0.1) is 0 Å². The zero-order chi connectivity index (χ0) is 23.3. The maximum absolute atomic E-state index is 15.1. The molecular formula is C23H18F4N2O2S. The first-order valence-corrected chi connectivity index (χ1v) is 11.4. The molecule has 1 aliphatic carbocycles. The molecule has 0 N–H and O–H groups in total. The predicted octanol–water partition coefficient (Wildman–Crippen LogP) is 5.66. The zero-order valence-electron chi connectivity index (χ0n) is 17.2. The number of hydrogen-bond donors (Lipinski definition) is 0. The van der Waals surface area contributed by atoms with E-state index in [4.69, 9.17) is 0 Å². The van der Waals surface area contributed by atoms with Gasteiger partial charge in [0.1, 0.15) is 5.69 Å². The molecule has 0 fully saturated rings. The van der Waals surface area contributed by atoms with E-state index in [1.807, 2.05) is 6.92 Å². The smallest absolute Gasteiger partial charge is 0.254 e. The van der Waals surface area contributed by atoms with Crippen molar-refractivity contribution in [2.45, 2.75) is 31.3 Å². The fourth-order valence-electron chi connectivity index (χ4n) is 3.66. The summed E-state index contributed by atoms with van der Waals surface area (Å²) < 4.78 is 80.2. The van der Waals surface area contributed by atoms with Crippen molar-refractivity contribution in [3.8, 4) is 11.1 Å². The number of benzene rings is 1. The van der Waals surface area contributed by atoms with E-state index in [2.05, 4.69) is 9.97 Å². The van der Waals surface area contributed by atoms with E-state index < -0.39 is 27.4 Å². The first kappa shape index (κ1) is 22.1. The van der Waals surface area contributed by atoms with Crippen LogP contribution in [0.15, 0.2) is 53.7 Å². The third-order valence-electron chi connectivity index (χ3n) is 5.32. The molecule has 0 aliphatic heterocycles. The molecule has 0 bridgehead atoms. The Balaban J connectivity index is 1.87. The molecule has 0 saturated carbocycles. The van der Waals surface area contributed by atoms with Gasteiger partial charge in [0.05, 0.1) is 21.9 Å². The van der Waals surface area contributed by atoms with Crippen molar-refractivity contribution in [3.05, 3.63) is 76.9 Å². The SMILES string of the molecule is CCS(=O)(=O)c1cc(-c2cccc(C(F)(F)F)c2)cnc1C1=C(F)c2ncc(C)cc2C1. The molecule has 0 atom stereocenters. The van der Waals surface area contributed by atoms with Crippen molar-refractivity contribution >= 4 is 21.2 Å². The van der Waals surface area contributed by atoms with Crippen LogP contribution in [-0.2, 0) is 22.4 Å². The second kappa shape index (κ2) is 7.81. The van der Waals surface area contributed by atoms with Crippen LogP contribution in [0.4, 0.5) is 17.6 Å². The summed E-state index contributed by atoms with van der Waals surface area (Å²) in [5, 5.41) is 0. The summed E-state index contributed by atoms with van der Waals surface area (Å²) >= 11 is 0. The molecule has 4 rings (SSSR count). The summed E-state index contributed by atoms with van der Waals surface area (Å²) in [5.74, 6) is -0.917. The van der Waals surface area contributed by atoms with Crippen LogP contribution in [0, 0.1) is 6.92 Å². The molecule has 0 radical (unpaired) electrons. The highest BCUT2D eigenvalue weighted by atomic mass is 32.2. The first-order valence-electron chi connectivity index (χ1n) is 9.76. The van der Waals surface area contributed by atoms with Crippen molar-refractivity contribution in [2.24, 2.45) is 0 Å². The van der Waals surface area contributed by atoms with Crippen LogP contribution in [0.25, 0.3) is 22.5 Å². The van der Waals surface area contributed by atoms with Crippen molar-refractivity contribution in [1.29, 1.82) is 0 Å². The number of nitrogens with zero attached hydrogens (tertiary/aromatic N) is 2. The molecule has 3 aromatic rings. The molecule has 0 amide bonds. The van der Waals surface area contributed by atoms with Crippen molar-refractivity contribution < 1.29 is 26.0 Å². The van der Waals surface area contributed by atoms with Crippen LogP contribution in [0.2, 0.25) is 0 Å². The standard InChI is InChI=1S/C23H18F4N2O2S/c1-3-32(30,31)19-10-16(14-5-4-6-17(8-14)23(25,26)27)12-29-22(19)18-9-15-7-13(2)11-28-21(15)20(18)24/h4-8,10-12H,3,9H2,1-2H3. The molecular weight excluding hydrogens is 444 g/mol. The van der Waals surface area contributed by atoms with E-state index in [1.165, 1.54) is 37.5 Å². The van der Waals surface area contributed by atoms with Gasteiger partial charge in [0.15, 0.2) is 15.7 Å². The second-order valence-corrected chi connectivity index (χ2v) is 9.79. The van der Waals surface area contributed by atoms with Crippen molar-refractivity contribution in [1.82, 2.24) is 9.97 Å². The molecule has 2 heterocycles. The number of aromatic nitrogens is 2. The van der Waals surface area contributed by atoms with Gasteiger partial charge in [-0.05, 0) is 41.8 Å². The van der Waals surface area contributed by atoms with Gasteiger partial charge < -0.3 is 0 Å². The van der Waals surface area contributed by atoms with Gasteiger partial charge in [-0.3, -0.25) is 9.97 Å². The van der Waals surface area contributed by atoms with E-state index in [-0.39, 0.29) is 45.2 Å². The molecule has 2 aromatic heterocycles. The molecule has 0 saturated heterocycles. The third-order valence-corrected chi connectivity index (χ3v) is 7.06. The van der Waals surface area contributed by atoms with Gasteiger partial charge in [0.2, 0.25) is 0 Å². The van der Waals surface area contributed by atoms with E-state index in [0.29, 0.717) is 5.56 Å². The summed E-state index contributed by atoms with van der Waals surface area (Å²) in [4.78, 5) is 8.10. The van der Waals surface area contributed by atoms with Gasteiger partial charge in [-0.25, -0.2) is 12.8 Å². The number of rotatable bonds is 4. The molecule has 32 heavy (non-hydrogen) atoms. The number of alkyl halides is 3. The molecule has 1 aromatic carbocycles. The summed E-state index contributed by atoms with van der Waals surface area (Å²) in [6.07, 6.45) is -1.63. The maximum Gasteiger partial charge on any atom is 0.416 e. The first-order chi connectivity index (χ1) is 15.0. The van der Waals surface area contributed by atoms with Gasteiger partial charge in [-0.2, -0.15) is 13.2 Å². The van der Waals surface area contributed by atoms with Crippen LogP contribution in [-0.4, -0.2) is 24.1 Å². The van der Waals surface area contributed by atoms with Crippen molar-refractivity contribution in [2.75, 3.05) is 5.75 Å². The molecule has 0 spiro atoms. The van der Waals surface area contributed by atoms with Crippen LogP contribution in [0.3, 0.4) is 0 Å². The number of halogens is 4. The Morgan fingerprint density at radius 1 is 1.00 bits per heavy atom. The Kier molecular flexibility index (Phi) is 5.40. The number of pyridine rings is 2. The average molecular weight is 462 g/mol. The Morgan fingerprint density at radius 3 is 2.41 bits per heavy atom. The Morgan fingerprint density at radius 2 is 1.72 bits per heavy atom. The Hall–Kier alpha value is -3.07. The topological polar surface area (TPSA) is 59.9 Å². The average Bonchev–Trinajstić information content (AvgIpc) is 3.08. The molecule has 0 unspecified atom stereocenters. The normalized spacial score (nSPS) is 14.1. The highest BCUT2D eigenvalue weighted by Gasteiger charge is 2.32. The highest BCUT2D eigenvalue weighted by molar-refractivity contribution is 7.91. The summed E-state index contributed by atoms with van der Waals surface area (Å²) in [6.45, 7) is 3.26. The summed E-state index contributed by atoms with van der Waals surface area (Å²) in [6, 6.07) is 7.57. The van der Waals surface area contributed by atoms with Gasteiger partial charge >= 0.3 is 6.18 Å². The maximum atomic E-state index is 15.1. The fraction of sp³-hybridized carbons (Fsp3) is 0.217.